The van der Waals surface area contributed by atoms with Gasteiger partial charge in [0, 0.05) is 31.5 Å². The highest BCUT2D eigenvalue weighted by Crippen LogP contribution is 2.28. The number of aromatic nitrogens is 2. The van der Waals surface area contributed by atoms with E-state index in [1.807, 2.05) is 23.9 Å². The smallest absolute Gasteiger partial charge is 0.191 e. The van der Waals surface area contributed by atoms with E-state index >= 15 is 0 Å². The number of thioether (sulfide) groups is 1. The summed E-state index contributed by atoms with van der Waals surface area (Å²) in [6.45, 7) is 2.27. The largest absolute Gasteiger partial charge is 0.469 e. The highest BCUT2D eigenvalue weighted by atomic mass is 32.2. The molecule has 2 N–H and O–H groups in total. The van der Waals surface area contributed by atoms with Gasteiger partial charge in [-0.3, -0.25) is 4.68 Å². The van der Waals surface area contributed by atoms with Crippen molar-refractivity contribution < 1.29 is 4.42 Å². The van der Waals surface area contributed by atoms with Crippen LogP contribution in [0.15, 0.2) is 40.1 Å². The minimum atomic E-state index is 0.582. The zero-order chi connectivity index (χ0) is 18.0. The number of aliphatic imine (C=N–C) groups is 1. The maximum Gasteiger partial charge on any atom is 0.191 e. The van der Waals surface area contributed by atoms with E-state index in [1.165, 1.54) is 25.7 Å². The van der Waals surface area contributed by atoms with Crippen molar-refractivity contribution in [1.29, 1.82) is 0 Å². The van der Waals surface area contributed by atoms with Gasteiger partial charge in [-0.25, -0.2) is 4.99 Å². The molecule has 1 aliphatic rings. The second kappa shape index (κ2) is 10.3. The molecule has 6 nitrogen and oxygen atoms in total. The first-order chi connectivity index (χ1) is 12.8. The lowest BCUT2D eigenvalue weighted by Gasteiger charge is -2.11. The summed E-state index contributed by atoms with van der Waals surface area (Å²) in [6, 6.07) is 6.58. The van der Waals surface area contributed by atoms with Gasteiger partial charge in [-0.2, -0.15) is 16.9 Å². The molecule has 2 aromatic rings. The van der Waals surface area contributed by atoms with Crippen LogP contribution in [0.5, 0.6) is 0 Å². The van der Waals surface area contributed by atoms with Gasteiger partial charge in [0.15, 0.2) is 5.96 Å². The molecule has 0 unspecified atom stereocenters. The van der Waals surface area contributed by atoms with Crippen LogP contribution in [0.4, 0.5) is 0 Å². The molecule has 7 heteroatoms. The zero-order valence-corrected chi connectivity index (χ0v) is 16.3. The van der Waals surface area contributed by atoms with Gasteiger partial charge in [0.25, 0.3) is 0 Å². The van der Waals surface area contributed by atoms with Crippen LogP contribution < -0.4 is 10.6 Å². The molecule has 3 rings (SSSR count). The Hall–Kier alpha value is -1.89. The van der Waals surface area contributed by atoms with Gasteiger partial charge in [-0.15, -0.1) is 0 Å². The molecular formula is C19H29N5OS. The van der Waals surface area contributed by atoms with Gasteiger partial charge in [0.2, 0.25) is 0 Å². The van der Waals surface area contributed by atoms with Crippen molar-refractivity contribution in [3.8, 4) is 0 Å². The number of nitrogens with one attached hydrogen (secondary N) is 2. The number of hydrogen-bond donors (Lipinski definition) is 2. The van der Waals surface area contributed by atoms with Crippen LogP contribution in [-0.2, 0) is 13.0 Å². The van der Waals surface area contributed by atoms with Crippen LogP contribution in [0.25, 0.3) is 0 Å². The van der Waals surface area contributed by atoms with Gasteiger partial charge in [0.1, 0.15) is 5.76 Å². The Bertz CT molecular complexity index is 661. The maximum absolute atomic E-state index is 5.38. The summed E-state index contributed by atoms with van der Waals surface area (Å²) in [5.74, 6) is 2.87. The number of furan rings is 1. The van der Waals surface area contributed by atoms with Crippen molar-refractivity contribution in [2.45, 2.75) is 44.7 Å². The standard InChI is InChI=1S/C19H29N5OS/c1-26-14-11-21-19(20-10-8-18-7-4-13-25-18)22-15-16-9-12-24(23-16)17-5-2-3-6-17/h4,7,9,12-13,17H,2-3,5-6,8,10-11,14-15H2,1H3,(H2,20,21,22). The summed E-state index contributed by atoms with van der Waals surface area (Å²) < 4.78 is 7.51. The average Bonchev–Trinajstić information content (AvgIpc) is 3.41. The quantitative estimate of drug-likeness (QED) is 0.400. The Morgan fingerprint density at radius 1 is 1.31 bits per heavy atom. The molecule has 1 aliphatic carbocycles. The van der Waals surface area contributed by atoms with Crippen molar-refractivity contribution in [3.63, 3.8) is 0 Å². The second-order valence-electron chi connectivity index (χ2n) is 6.57. The van der Waals surface area contributed by atoms with Crippen molar-refractivity contribution in [1.82, 2.24) is 20.4 Å². The van der Waals surface area contributed by atoms with Crippen molar-refractivity contribution in [2.24, 2.45) is 4.99 Å². The first-order valence-electron chi connectivity index (χ1n) is 9.42. The van der Waals surface area contributed by atoms with E-state index in [4.69, 9.17) is 14.5 Å². The molecular weight excluding hydrogens is 346 g/mol. The Morgan fingerprint density at radius 3 is 2.92 bits per heavy atom. The average molecular weight is 376 g/mol. The Kier molecular flexibility index (Phi) is 7.49. The summed E-state index contributed by atoms with van der Waals surface area (Å²) in [6.07, 6.45) is 11.9. The first-order valence-corrected chi connectivity index (χ1v) is 10.8. The summed E-state index contributed by atoms with van der Waals surface area (Å²) in [5, 5.41) is 11.5. The molecule has 2 aromatic heterocycles. The monoisotopic (exact) mass is 375 g/mol. The van der Waals surface area contributed by atoms with Crippen molar-refractivity contribution in [3.05, 3.63) is 42.1 Å². The van der Waals surface area contributed by atoms with Gasteiger partial charge in [-0.05, 0) is 37.3 Å². The van der Waals surface area contributed by atoms with E-state index in [-0.39, 0.29) is 0 Å². The molecule has 0 spiro atoms. The maximum atomic E-state index is 5.38. The molecule has 1 fully saturated rings. The Morgan fingerprint density at radius 2 is 2.15 bits per heavy atom. The third-order valence-corrected chi connectivity index (χ3v) is 5.22. The molecule has 0 radical (unpaired) electrons. The van der Waals surface area contributed by atoms with E-state index in [0.29, 0.717) is 12.6 Å². The van der Waals surface area contributed by atoms with E-state index in [0.717, 1.165) is 42.7 Å². The predicted octanol–water partition coefficient (Wildman–Crippen LogP) is 3.23. The Balaban J connectivity index is 1.52. The zero-order valence-electron chi connectivity index (χ0n) is 15.5. The normalized spacial score (nSPS) is 15.5. The van der Waals surface area contributed by atoms with Gasteiger partial charge in [-0.1, -0.05) is 12.8 Å². The van der Waals surface area contributed by atoms with E-state index < -0.39 is 0 Å². The van der Waals surface area contributed by atoms with Gasteiger partial charge in [0.05, 0.1) is 24.5 Å². The van der Waals surface area contributed by atoms with Gasteiger partial charge >= 0.3 is 0 Å². The van der Waals surface area contributed by atoms with Crippen molar-refractivity contribution >= 4 is 17.7 Å². The minimum absolute atomic E-state index is 0.582. The molecule has 1 saturated carbocycles. The lowest BCUT2D eigenvalue weighted by atomic mass is 10.3. The summed E-state index contributed by atoms with van der Waals surface area (Å²) in [5.41, 5.74) is 1.02. The van der Waals surface area contributed by atoms with E-state index in [1.54, 1.807) is 6.26 Å². The summed E-state index contributed by atoms with van der Waals surface area (Å²) >= 11 is 1.82. The van der Waals surface area contributed by atoms with Crippen LogP contribution in [0, 0.1) is 0 Å². The molecule has 0 bridgehead atoms. The highest BCUT2D eigenvalue weighted by Gasteiger charge is 2.17. The molecule has 0 amide bonds. The lowest BCUT2D eigenvalue weighted by Crippen LogP contribution is -2.39. The van der Waals surface area contributed by atoms with Crippen LogP contribution in [0.1, 0.15) is 43.2 Å². The SMILES string of the molecule is CSCCNC(=NCc1ccn(C2CCCC2)n1)NCCc1ccco1. The molecule has 0 atom stereocenters. The lowest BCUT2D eigenvalue weighted by molar-refractivity contribution is 0.463. The summed E-state index contributed by atoms with van der Waals surface area (Å²) in [4.78, 5) is 4.70. The first kappa shape index (κ1) is 18.9. The van der Waals surface area contributed by atoms with E-state index in [9.17, 15) is 0 Å². The van der Waals surface area contributed by atoms with Gasteiger partial charge < -0.3 is 15.1 Å². The molecule has 0 saturated heterocycles. The minimum Gasteiger partial charge on any atom is -0.469 e. The predicted molar refractivity (Wildman–Crippen MR) is 108 cm³/mol. The topological polar surface area (TPSA) is 67.4 Å². The molecule has 0 aromatic carbocycles. The number of hydrogen-bond acceptors (Lipinski definition) is 4. The van der Waals surface area contributed by atoms with Crippen LogP contribution in [-0.4, -0.2) is 40.8 Å². The molecule has 142 valence electrons. The summed E-state index contributed by atoms with van der Waals surface area (Å²) in [7, 11) is 0. The fourth-order valence-electron chi connectivity index (χ4n) is 3.20. The van der Waals surface area contributed by atoms with Crippen LogP contribution in [0.2, 0.25) is 0 Å². The molecule has 2 heterocycles. The van der Waals surface area contributed by atoms with E-state index in [2.05, 4.69) is 33.8 Å². The third-order valence-electron chi connectivity index (χ3n) is 4.60. The molecule has 26 heavy (non-hydrogen) atoms. The fourth-order valence-corrected chi connectivity index (χ4v) is 3.50. The highest BCUT2D eigenvalue weighted by molar-refractivity contribution is 7.98. The Labute approximate surface area is 159 Å². The number of guanidine groups is 1. The van der Waals surface area contributed by atoms with Crippen LogP contribution in [0.3, 0.4) is 0 Å². The molecule has 0 aliphatic heterocycles. The second-order valence-corrected chi connectivity index (χ2v) is 7.55. The van der Waals surface area contributed by atoms with Crippen LogP contribution >= 0.6 is 11.8 Å². The fraction of sp³-hybridized carbons (Fsp3) is 0.579. The number of nitrogens with zero attached hydrogens (tertiary/aromatic N) is 3. The third kappa shape index (κ3) is 5.83. The number of rotatable bonds is 9. The van der Waals surface area contributed by atoms with Crippen molar-refractivity contribution in [2.75, 3.05) is 25.1 Å².